The molecule has 0 saturated heterocycles. The minimum absolute atomic E-state index is 0.0211. The van der Waals surface area contributed by atoms with Crippen LogP contribution in [0.15, 0.2) is 28.9 Å². The van der Waals surface area contributed by atoms with E-state index in [1.165, 1.54) is 6.07 Å². The van der Waals surface area contributed by atoms with Crippen LogP contribution < -0.4 is 5.32 Å². The normalized spacial score (nSPS) is 11.6. The van der Waals surface area contributed by atoms with Crippen molar-refractivity contribution >= 4 is 21.6 Å². The highest BCUT2D eigenvalue weighted by Gasteiger charge is 2.33. The van der Waals surface area contributed by atoms with Crippen LogP contribution in [0.2, 0.25) is 0 Å². The third kappa shape index (κ3) is 3.25. The highest BCUT2D eigenvalue weighted by atomic mass is 79.9. The largest absolute Gasteiger partial charge is 0.417 e. The smallest absolute Gasteiger partial charge is 0.379 e. The summed E-state index contributed by atoms with van der Waals surface area (Å²) in [7, 11) is 1.72. The summed E-state index contributed by atoms with van der Waals surface area (Å²) in [5.41, 5.74) is 0.453. The fraction of sp³-hybridized carbons (Fsp3) is 0.273. The average Bonchev–Trinajstić information content (AvgIpc) is 2.72. The molecule has 2 rings (SSSR count). The summed E-state index contributed by atoms with van der Waals surface area (Å²) in [6, 6.07) is 4.00. The lowest BCUT2D eigenvalue weighted by molar-refractivity contribution is -0.138. The van der Waals surface area contributed by atoms with E-state index in [0.29, 0.717) is 12.2 Å². The molecule has 0 spiro atoms. The van der Waals surface area contributed by atoms with E-state index in [0.717, 1.165) is 11.8 Å². The Labute approximate surface area is 115 Å². The predicted molar refractivity (Wildman–Crippen MR) is 67.5 cm³/mol. The monoisotopic (exact) mass is 334 g/mol. The summed E-state index contributed by atoms with van der Waals surface area (Å²) in [6.45, 7) is 0.350. The van der Waals surface area contributed by atoms with Gasteiger partial charge < -0.3 is 5.32 Å². The predicted octanol–water partition coefficient (Wildman–Crippen LogP) is 3.21. The lowest BCUT2D eigenvalue weighted by Gasteiger charge is -2.12. The first kappa shape index (κ1) is 13.9. The third-order valence-electron chi connectivity index (χ3n) is 2.55. The zero-order valence-electron chi connectivity index (χ0n) is 9.87. The van der Waals surface area contributed by atoms with Gasteiger partial charge in [-0.15, -0.1) is 5.10 Å². The van der Waals surface area contributed by atoms with Crippen LogP contribution in [-0.2, 0) is 19.8 Å². The first-order chi connectivity index (χ1) is 8.88. The van der Waals surface area contributed by atoms with E-state index in [2.05, 4.69) is 31.6 Å². The minimum Gasteiger partial charge on any atom is -0.379 e. The van der Waals surface area contributed by atoms with Gasteiger partial charge in [0, 0.05) is 17.2 Å². The number of aryl methyl sites for hydroxylation is 1. The molecular formula is C11H10BrF3N4. The van der Waals surface area contributed by atoms with Gasteiger partial charge in [0.15, 0.2) is 0 Å². The fourth-order valence-electron chi connectivity index (χ4n) is 1.52. The molecule has 1 aromatic carbocycles. The van der Waals surface area contributed by atoms with E-state index < -0.39 is 11.7 Å². The molecule has 0 fully saturated rings. The second-order valence-corrected chi connectivity index (χ2v) is 4.75. The van der Waals surface area contributed by atoms with Crippen LogP contribution in [0.5, 0.6) is 0 Å². The summed E-state index contributed by atoms with van der Waals surface area (Å²) < 4.78 is 39.7. The highest BCUT2D eigenvalue weighted by molar-refractivity contribution is 9.10. The van der Waals surface area contributed by atoms with Gasteiger partial charge >= 0.3 is 6.18 Å². The van der Waals surface area contributed by atoms with Crippen LogP contribution in [0.4, 0.5) is 18.9 Å². The summed E-state index contributed by atoms with van der Waals surface area (Å²) in [5.74, 6) is 0. The Morgan fingerprint density at radius 2 is 2.11 bits per heavy atom. The standard InChI is InChI=1S/C11H10BrF3N4/c1-19-8(6-17-18-19)5-16-7-2-3-10(12)9(4-7)11(13,14)15/h2-4,6,16H,5H2,1H3. The van der Waals surface area contributed by atoms with E-state index in [1.807, 2.05) is 0 Å². The number of anilines is 1. The molecule has 2 aromatic rings. The Balaban J connectivity index is 2.16. The molecule has 1 aromatic heterocycles. The molecule has 0 amide bonds. The number of hydrogen-bond acceptors (Lipinski definition) is 3. The zero-order valence-corrected chi connectivity index (χ0v) is 11.5. The van der Waals surface area contributed by atoms with Crippen LogP contribution in [0.25, 0.3) is 0 Å². The van der Waals surface area contributed by atoms with Crippen molar-refractivity contribution in [2.24, 2.45) is 7.05 Å². The number of halogens is 4. The Morgan fingerprint density at radius 1 is 1.37 bits per heavy atom. The zero-order chi connectivity index (χ0) is 14.0. The van der Waals surface area contributed by atoms with Crippen molar-refractivity contribution in [3.63, 3.8) is 0 Å². The number of alkyl halides is 3. The van der Waals surface area contributed by atoms with Gasteiger partial charge in [0.05, 0.1) is 24.0 Å². The first-order valence-electron chi connectivity index (χ1n) is 5.32. The molecule has 0 saturated carbocycles. The number of hydrogen-bond donors (Lipinski definition) is 1. The molecule has 0 aliphatic carbocycles. The third-order valence-corrected chi connectivity index (χ3v) is 3.25. The second-order valence-electron chi connectivity index (χ2n) is 3.89. The van der Waals surface area contributed by atoms with Crippen molar-refractivity contribution in [2.75, 3.05) is 5.32 Å². The van der Waals surface area contributed by atoms with Crippen LogP contribution >= 0.6 is 15.9 Å². The van der Waals surface area contributed by atoms with E-state index in [-0.39, 0.29) is 4.47 Å². The maximum atomic E-state index is 12.7. The Kier molecular flexibility index (Phi) is 3.79. The number of rotatable bonds is 3. The second kappa shape index (κ2) is 5.20. The van der Waals surface area contributed by atoms with Gasteiger partial charge in [-0.3, -0.25) is 4.68 Å². The summed E-state index contributed by atoms with van der Waals surface area (Å²) in [5, 5.41) is 10.3. The highest BCUT2D eigenvalue weighted by Crippen LogP contribution is 2.36. The molecule has 1 N–H and O–H groups in total. The molecule has 102 valence electrons. The Morgan fingerprint density at radius 3 is 2.68 bits per heavy atom. The maximum absolute atomic E-state index is 12.7. The van der Waals surface area contributed by atoms with Gasteiger partial charge in [0.25, 0.3) is 0 Å². The van der Waals surface area contributed by atoms with Crippen molar-refractivity contribution in [1.82, 2.24) is 15.0 Å². The van der Waals surface area contributed by atoms with Crippen LogP contribution in [0, 0.1) is 0 Å². The fourth-order valence-corrected chi connectivity index (χ4v) is 1.99. The molecule has 0 bridgehead atoms. The summed E-state index contributed by atoms with van der Waals surface area (Å²) >= 11 is 2.90. The topological polar surface area (TPSA) is 42.7 Å². The lowest BCUT2D eigenvalue weighted by Crippen LogP contribution is -2.09. The molecule has 0 unspecified atom stereocenters. The van der Waals surface area contributed by atoms with E-state index in [9.17, 15) is 13.2 Å². The molecular weight excluding hydrogens is 325 g/mol. The van der Waals surface area contributed by atoms with Crippen molar-refractivity contribution in [3.8, 4) is 0 Å². The van der Waals surface area contributed by atoms with Gasteiger partial charge in [0.2, 0.25) is 0 Å². The van der Waals surface area contributed by atoms with Crippen LogP contribution in [-0.4, -0.2) is 15.0 Å². The van der Waals surface area contributed by atoms with Crippen molar-refractivity contribution in [2.45, 2.75) is 12.7 Å². The van der Waals surface area contributed by atoms with Gasteiger partial charge in [-0.1, -0.05) is 21.1 Å². The maximum Gasteiger partial charge on any atom is 0.417 e. The molecule has 1 heterocycles. The lowest BCUT2D eigenvalue weighted by atomic mass is 10.2. The number of benzene rings is 1. The van der Waals surface area contributed by atoms with Crippen LogP contribution in [0.1, 0.15) is 11.3 Å². The van der Waals surface area contributed by atoms with E-state index in [4.69, 9.17) is 0 Å². The number of nitrogens with zero attached hydrogens (tertiary/aromatic N) is 3. The molecule has 0 radical (unpaired) electrons. The van der Waals surface area contributed by atoms with Crippen molar-refractivity contribution < 1.29 is 13.2 Å². The van der Waals surface area contributed by atoms with Gasteiger partial charge in [-0.25, -0.2) is 0 Å². The minimum atomic E-state index is -4.38. The van der Waals surface area contributed by atoms with Gasteiger partial charge in [-0.2, -0.15) is 13.2 Å². The molecule has 0 atom stereocenters. The summed E-state index contributed by atoms with van der Waals surface area (Å²) in [4.78, 5) is 0. The van der Waals surface area contributed by atoms with E-state index in [1.54, 1.807) is 24.0 Å². The Hall–Kier alpha value is -1.57. The summed E-state index contributed by atoms with van der Waals surface area (Å²) in [6.07, 6.45) is -2.83. The molecule has 0 aliphatic rings. The van der Waals surface area contributed by atoms with Gasteiger partial charge in [0.1, 0.15) is 0 Å². The van der Waals surface area contributed by atoms with Crippen molar-refractivity contribution in [3.05, 3.63) is 40.1 Å². The quantitative estimate of drug-likeness (QED) is 0.937. The average molecular weight is 335 g/mol. The Bertz CT molecular complexity index is 580. The van der Waals surface area contributed by atoms with Crippen LogP contribution in [0.3, 0.4) is 0 Å². The molecule has 4 nitrogen and oxygen atoms in total. The number of nitrogens with one attached hydrogen (secondary N) is 1. The SMILES string of the molecule is Cn1nncc1CNc1ccc(Br)c(C(F)(F)F)c1. The number of aromatic nitrogens is 3. The van der Waals surface area contributed by atoms with Crippen molar-refractivity contribution in [1.29, 1.82) is 0 Å². The molecule has 19 heavy (non-hydrogen) atoms. The first-order valence-corrected chi connectivity index (χ1v) is 6.11. The van der Waals surface area contributed by atoms with Gasteiger partial charge in [-0.05, 0) is 18.2 Å². The molecule has 0 aliphatic heterocycles. The van der Waals surface area contributed by atoms with E-state index >= 15 is 0 Å². The molecule has 8 heteroatoms.